The molecule has 1 aliphatic heterocycles. The van der Waals surface area contributed by atoms with Crippen molar-refractivity contribution >= 4 is 40.7 Å². The number of anilines is 1. The van der Waals surface area contributed by atoms with Gasteiger partial charge in [-0.3, -0.25) is 9.59 Å². The van der Waals surface area contributed by atoms with Crippen molar-refractivity contribution in [1.29, 1.82) is 0 Å². The molecule has 2 amide bonds. The van der Waals surface area contributed by atoms with Crippen molar-refractivity contribution < 1.29 is 9.59 Å². The molecule has 4 nitrogen and oxygen atoms in total. The van der Waals surface area contributed by atoms with Crippen LogP contribution in [-0.4, -0.2) is 24.9 Å². The molecule has 0 aliphatic carbocycles. The highest BCUT2D eigenvalue weighted by molar-refractivity contribution is 6.35. The van der Waals surface area contributed by atoms with E-state index >= 15 is 0 Å². The van der Waals surface area contributed by atoms with E-state index in [2.05, 4.69) is 12.2 Å². The Kier molecular flexibility index (Phi) is 6.09. The monoisotopic (exact) mass is 342 g/mol. The van der Waals surface area contributed by atoms with Crippen LogP contribution in [0.25, 0.3) is 0 Å². The van der Waals surface area contributed by atoms with E-state index in [-0.39, 0.29) is 24.2 Å². The zero-order chi connectivity index (χ0) is 16.1. The molecule has 1 aromatic carbocycles. The van der Waals surface area contributed by atoms with E-state index in [9.17, 15) is 9.59 Å². The van der Waals surface area contributed by atoms with Crippen LogP contribution < -0.4 is 10.2 Å². The van der Waals surface area contributed by atoms with Crippen molar-refractivity contribution in [2.45, 2.75) is 32.6 Å². The second-order valence-electron chi connectivity index (χ2n) is 5.53. The van der Waals surface area contributed by atoms with E-state index in [4.69, 9.17) is 23.2 Å². The fourth-order valence-corrected chi connectivity index (χ4v) is 3.07. The standard InChI is InChI=1S/C16H20Cl2N2O2/c1-2-3-4-5-19-16(22)11-6-15(21)20(10-11)14-8-12(17)7-13(18)9-14/h7-9,11H,2-6,10H2,1H3,(H,19,22). The molecule has 2 rings (SSSR count). The largest absolute Gasteiger partial charge is 0.356 e. The van der Waals surface area contributed by atoms with Crippen LogP contribution >= 0.6 is 23.2 Å². The first-order valence-corrected chi connectivity index (χ1v) is 8.31. The number of hydrogen-bond acceptors (Lipinski definition) is 2. The molecule has 1 saturated heterocycles. The average Bonchev–Trinajstić information content (AvgIpc) is 2.84. The molecule has 0 aromatic heterocycles. The summed E-state index contributed by atoms with van der Waals surface area (Å²) in [5, 5.41) is 3.85. The van der Waals surface area contributed by atoms with Crippen LogP contribution in [0.1, 0.15) is 32.6 Å². The topological polar surface area (TPSA) is 49.4 Å². The number of nitrogens with one attached hydrogen (secondary N) is 1. The highest BCUT2D eigenvalue weighted by Gasteiger charge is 2.35. The van der Waals surface area contributed by atoms with Gasteiger partial charge in [0.15, 0.2) is 0 Å². The van der Waals surface area contributed by atoms with Gasteiger partial charge >= 0.3 is 0 Å². The van der Waals surface area contributed by atoms with Crippen LogP contribution in [0.4, 0.5) is 5.69 Å². The van der Waals surface area contributed by atoms with Gasteiger partial charge in [0, 0.05) is 35.2 Å². The third-order valence-corrected chi connectivity index (χ3v) is 4.17. The van der Waals surface area contributed by atoms with Crippen LogP contribution in [0, 0.1) is 5.92 Å². The summed E-state index contributed by atoms with van der Waals surface area (Å²) < 4.78 is 0. The molecular formula is C16H20Cl2N2O2. The Morgan fingerprint density at radius 2 is 1.95 bits per heavy atom. The molecule has 1 unspecified atom stereocenters. The summed E-state index contributed by atoms with van der Waals surface area (Å²) in [7, 11) is 0. The first kappa shape index (κ1) is 17.1. The number of benzene rings is 1. The molecule has 0 saturated carbocycles. The van der Waals surface area contributed by atoms with Crippen molar-refractivity contribution in [3.8, 4) is 0 Å². The summed E-state index contributed by atoms with van der Waals surface area (Å²) in [5.74, 6) is -0.445. The second-order valence-corrected chi connectivity index (χ2v) is 6.40. The van der Waals surface area contributed by atoms with E-state index in [0.717, 1.165) is 19.3 Å². The molecule has 0 bridgehead atoms. The zero-order valence-corrected chi connectivity index (χ0v) is 14.1. The number of amides is 2. The van der Waals surface area contributed by atoms with Crippen molar-refractivity contribution in [1.82, 2.24) is 5.32 Å². The summed E-state index contributed by atoms with van der Waals surface area (Å²) in [6.07, 6.45) is 3.40. The highest BCUT2D eigenvalue weighted by Crippen LogP contribution is 2.30. The normalized spacial score (nSPS) is 17.9. The third-order valence-electron chi connectivity index (χ3n) is 3.73. The lowest BCUT2D eigenvalue weighted by molar-refractivity contribution is -0.126. The van der Waals surface area contributed by atoms with E-state index in [1.54, 1.807) is 23.1 Å². The van der Waals surface area contributed by atoms with Gasteiger partial charge in [0.25, 0.3) is 0 Å². The van der Waals surface area contributed by atoms with E-state index in [1.807, 2.05) is 0 Å². The smallest absolute Gasteiger partial charge is 0.227 e. The van der Waals surface area contributed by atoms with Crippen LogP contribution in [0.3, 0.4) is 0 Å². The van der Waals surface area contributed by atoms with Crippen LogP contribution in [-0.2, 0) is 9.59 Å². The summed E-state index contributed by atoms with van der Waals surface area (Å²) >= 11 is 11.9. The molecule has 120 valence electrons. The average molecular weight is 343 g/mol. The van der Waals surface area contributed by atoms with Gasteiger partial charge < -0.3 is 10.2 Å². The maximum Gasteiger partial charge on any atom is 0.227 e. The van der Waals surface area contributed by atoms with Gasteiger partial charge in [-0.1, -0.05) is 43.0 Å². The molecule has 0 radical (unpaired) electrons. The van der Waals surface area contributed by atoms with Crippen molar-refractivity contribution in [2.75, 3.05) is 18.0 Å². The number of carbonyl (C=O) groups excluding carboxylic acids is 2. The molecule has 22 heavy (non-hydrogen) atoms. The number of unbranched alkanes of at least 4 members (excludes halogenated alkanes) is 2. The van der Waals surface area contributed by atoms with Gasteiger partial charge in [0.05, 0.1) is 5.92 Å². The molecule has 0 spiro atoms. The predicted molar refractivity (Wildman–Crippen MR) is 89.5 cm³/mol. The summed E-state index contributed by atoms with van der Waals surface area (Å²) in [6, 6.07) is 4.99. The Hall–Kier alpha value is -1.26. The number of halogens is 2. The van der Waals surface area contributed by atoms with Crippen molar-refractivity contribution in [3.05, 3.63) is 28.2 Å². The third kappa shape index (κ3) is 4.37. The fraction of sp³-hybridized carbons (Fsp3) is 0.500. The number of carbonyl (C=O) groups is 2. The lowest BCUT2D eigenvalue weighted by Crippen LogP contribution is -2.33. The van der Waals surface area contributed by atoms with Gasteiger partial charge in [-0.25, -0.2) is 0 Å². The maximum atomic E-state index is 12.1. The Morgan fingerprint density at radius 1 is 1.27 bits per heavy atom. The van der Waals surface area contributed by atoms with E-state index in [0.29, 0.717) is 28.8 Å². The second kappa shape index (κ2) is 7.84. The van der Waals surface area contributed by atoms with Gasteiger partial charge in [-0.05, 0) is 24.6 Å². The molecule has 1 N–H and O–H groups in total. The van der Waals surface area contributed by atoms with Crippen LogP contribution in [0.15, 0.2) is 18.2 Å². The molecule has 1 atom stereocenters. The highest BCUT2D eigenvalue weighted by atomic mass is 35.5. The minimum atomic E-state index is -0.313. The molecule has 1 heterocycles. The van der Waals surface area contributed by atoms with Crippen LogP contribution in [0.5, 0.6) is 0 Å². The van der Waals surface area contributed by atoms with E-state index in [1.165, 1.54) is 0 Å². The molecule has 1 aromatic rings. The fourth-order valence-electron chi connectivity index (χ4n) is 2.56. The van der Waals surface area contributed by atoms with Crippen LogP contribution in [0.2, 0.25) is 10.0 Å². The lowest BCUT2D eigenvalue weighted by atomic mass is 10.1. The SMILES string of the molecule is CCCCCNC(=O)C1CC(=O)N(c2cc(Cl)cc(Cl)c2)C1. The Balaban J connectivity index is 1.97. The lowest BCUT2D eigenvalue weighted by Gasteiger charge is -2.17. The molecule has 1 aliphatic rings. The minimum absolute atomic E-state index is 0.0555. The van der Waals surface area contributed by atoms with Crippen molar-refractivity contribution in [2.24, 2.45) is 5.92 Å². The maximum absolute atomic E-state index is 12.1. The molecular weight excluding hydrogens is 323 g/mol. The van der Waals surface area contributed by atoms with Gasteiger partial charge in [0.2, 0.25) is 11.8 Å². The summed E-state index contributed by atoms with van der Waals surface area (Å²) in [6.45, 7) is 3.15. The first-order valence-electron chi connectivity index (χ1n) is 7.55. The van der Waals surface area contributed by atoms with Gasteiger partial charge in [-0.2, -0.15) is 0 Å². The zero-order valence-electron chi connectivity index (χ0n) is 12.6. The predicted octanol–water partition coefficient (Wildman–Crippen LogP) is 3.65. The summed E-state index contributed by atoms with van der Waals surface area (Å²) in [4.78, 5) is 25.8. The van der Waals surface area contributed by atoms with Crippen molar-refractivity contribution in [3.63, 3.8) is 0 Å². The van der Waals surface area contributed by atoms with E-state index < -0.39 is 0 Å². The van der Waals surface area contributed by atoms with Gasteiger partial charge in [-0.15, -0.1) is 0 Å². The Morgan fingerprint density at radius 3 is 2.59 bits per heavy atom. The minimum Gasteiger partial charge on any atom is -0.356 e. The number of nitrogens with zero attached hydrogens (tertiary/aromatic N) is 1. The summed E-state index contributed by atoms with van der Waals surface area (Å²) in [5.41, 5.74) is 0.642. The quantitative estimate of drug-likeness (QED) is 0.802. The number of rotatable bonds is 6. The first-order chi connectivity index (χ1) is 10.5. The number of hydrogen-bond donors (Lipinski definition) is 1. The Bertz CT molecular complexity index is 543. The Labute approximate surface area is 140 Å². The van der Waals surface area contributed by atoms with Gasteiger partial charge in [0.1, 0.15) is 0 Å². The molecule has 1 fully saturated rings. The molecule has 6 heteroatoms.